The highest BCUT2D eigenvalue weighted by Crippen LogP contribution is 2.35. The molecule has 0 heterocycles. The van der Waals surface area contributed by atoms with Crippen molar-refractivity contribution in [3.05, 3.63) is 12.2 Å². The minimum Gasteiger partial charge on any atom is -0.463 e. The van der Waals surface area contributed by atoms with E-state index >= 15 is 0 Å². The molecule has 0 aromatic rings. The maximum absolute atomic E-state index is 11.2. The zero-order valence-electron chi connectivity index (χ0n) is 13.4. The summed E-state index contributed by atoms with van der Waals surface area (Å²) in [6.07, 6.45) is 8.49. The average molecular weight is 282 g/mol. The quantitative estimate of drug-likeness (QED) is 0.441. The molecule has 0 spiro atoms. The summed E-state index contributed by atoms with van der Waals surface area (Å²) < 4.78 is 4.85. The van der Waals surface area contributed by atoms with Crippen molar-refractivity contribution in [1.29, 1.82) is 0 Å². The van der Waals surface area contributed by atoms with Gasteiger partial charge in [0.2, 0.25) is 0 Å². The SMILES string of the molecule is CCOC(=O)/C=C/CNCC1(N(C)C)CCCC(C)C1. The highest BCUT2D eigenvalue weighted by Gasteiger charge is 2.36. The maximum Gasteiger partial charge on any atom is 0.330 e. The lowest BCUT2D eigenvalue weighted by Crippen LogP contribution is -2.54. The number of likely N-dealkylation sites (N-methyl/N-ethyl adjacent to an activating group) is 1. The summed E-state index contributed by atoms with van der Waals surface area (Å²) in [6, 6.07) is 0. The van der Waals surface area contributed by atoms with Gasteiger partial charge >= 0.3 is 5.97 Å². The first-order valence-corrected chi connectivity index (χ1v) is 7.71. The molecule has 1 aliphatic carbocycles. The van der Waals surface area contributed by atoms with Crippen LogP contribution in [0.1, 0.15) is 39.5 Å². The van der Waals surface area contributed by atoms with Crippen LogP contribution in [0.25, 0.3) is 0 Å². The Morgan fingerprint density at radius 3 is 2.85 bits per heavy atom. The third-order valence-electron chi connectivity index (χ3n) is 4.27. The average Bonchev–Trinajstić information content (AvgIpc) is 2.38. The molecule has 4 nitrogen and oxygen atoms in total. The smallest absolute Gasteiger partial charge is 0.330 e. The lowest BCUT2D eigenvalue weighted by atomic mass is 9.75. The molecular weight excluding hydrogens is 252 g/mol. The van der Waals surface area contributed by atoms with E-state index in [1.165, 1.54) is 31.8 Å². The van der Waals surface area contributed by atoms with Crippen molar-refractivity contribution >= 4 is 5.97 Å². The fourth-order valence-corrected chi connectivity index (χ4v) is 3.09. The summed E-state index contributed by atoms with van der Waals surface area (Å²) in [5.74, 6) is 0.533. The normalized spacial score (nSPS) is 27.1. The predicted octanol–water partition coefficient (Wildman–Crippen LogP) is 2.21. The van der Waals surface area contributed by atoms with Gasteiger partial charge in [-0.15, -0.1) is 0 Å². The zero-order valence-corrected chi connectivity index (χ0v) is 13.4. The Balaban J connectivity index is 2.38. The number of carbonyl (C=O) groups excluding carboxylic acids is 1. The van der Waals surface area contributed by atoms with Gasteiger partial charge in [-0.05, 0) is 39.8 Å². The lowest BCUT2D eigenvalue weighted by Gasteiger charge is -2.45. The van der Waals surface area contributed by atoms with Gasteiger partial charge in [-0.3, -0.25) is 0 Å². The van der Waals surface area contributed by atoms with E-state index in [9.17, 15) is 4.79 Å². The molecule has 116 valence electrons. The summed E-state index contributed by atoms with van der Waals surface area (Å²) in [4.78, 5) is 13.5. The van der Waals surface area contributed by atoms with E-state index in [0.29, 0.717) is 13.2 Å². The molecule has 0 amide bonds. The molecule has 0 radical (unpaired) electrons. The number of hydrogen-bond acceptors (Lipinski definition) is 4. The first-order chi connectivity index (χ1) is 9.50. The first-order valence-electron chi connectivity index (χ1n) is 7.71. The number of hydrogen-bond donors (Lipinski definition) is 1. The van der Waals surface area contributed by atoms with Crippen LogP contribution in [0.2, 0.25) is 0 Å². The van der Waals surface area contributed by atoms with Gasteiger partial charge < -0.3 is 15.0 Å². The van der Waals surface area contributed by atoms with Crippen LogP contribution in [-0.2, 0) is 9.53 Å². The number of rotatable bonds is 7. The maximum atomic E-state index is 11.2. The van der Waals surface area contributed by atoms with Gasteiger partial charge in [0.05, 0.1) is 6.61 Å². The van der Waals surface area contributed by atoms with Crippen LogP contribution in [0.4, 0.5) is 0 Å². The van der Waals surface area contributed by atoms with Gasteiger partial charge in [-0.2, -0.15) is 0 Å². The Hall–Kier alpha value is -0.870. The molecule has 1 saturated carbocycles. The number of carbonyl (C=O) groups is 1. The van der Waals surface area contributed by atoms with Crippen molar-refractivity contribution in [1.82, 2.24) is 10.2 Å². The molecule has 2 unspecified atom stereocenters. The van der Waals surface area contributed by atoms with Gasteiger partial charge in [-0.25, -0.2) is 4.79 Å². The van der Waals surface area contributed by atoms with E-state index in [1.807, 2.05) is 13.0 Å². The Kier molecular flexibility index (Phi) is 7.24. The fraction of sp³-hybridized carbons (Fsp3) is 0.812. The van der Waals surface area contributed by atoms with Crippen molar-refractivity contribution in [3.8, 4) is 0 Å². The van der Waals surface area contributed by atoms with Gasteiger partial charge in [0.1, 0.15) is 0 Å². The molecule has 0 aromatic carbocycles. The Morgan fingerprint density at radius 1 is 1.50 bits per heavy atom. The number of ether oxygens (including phenoxy) is 1. The second-order valence-corrected chi connectivity index (χ2v) is 6.11. The van der Waals surface area contributed by atoms with E-state index in [4.69, 9.17) is 4.74 Å². The molecule has 20 heavy (non-hydrogen) atoms. The third-order valence-corrected chi connectivity index (χ3v) is 4.27. The van der Waals surface area contributed by atoms with Crippen LogP contribution in [0.5, 0.6) is 0 Å². The van der Waals surface area contributed by atoms with E-state index < -0.39 is 0 Å². The van der Waals surface area contributed by atoms with Gasteiger partial charge in [0.15, 0.2) is 0 Å². The van der Waals surface area contributed by atoms with Crippen LogP contribution < -0.4 is 5.32 Å². The molecule has 4 heteroatoms. The fourth-order valence-electron chi connectivity index (χ4n) is 3.09. The molecule has 1 fully saturated rings. The lowest BCUT2D eigenvalue weighted by molar-refractivity contribution is -0.137. The van der Waals surface area contributed by atoms with E-state index in [2.05, 4.69) is 31.2 Å². The van der Waals surface area contributed by atoms with Crippen LogP contribution in [0, 0.1) is 5.92 Å². The highest BCUT2D eigenvalue weighted by atomic mass is 16.5. The van der Waals surface area contributed by atoms with Crippen molar-refractivity contribution in [2.45, 2.75) is 45.1 Å². The molecule has 0 saturated heterocycles. The van der Waals surface area contributed by atoms with Gasteiger partial charge in [-0.1, -0.05) is 25.8 Å². The molecule has 1 aliphatic rings. The largest absolute Gasteiger partial charge is 0.463 e. The Bertz CT molecular complexity index is 328. The van der Waals surface area contributed by atoms with E-state index in [1.54, 1.807) is 0 Å². The predicted molar refractivity (Wildman–Crippen MR) is 82.7 cm³/mol. The molecule has 0 aromatic heterocycles. The summed E-state index contributed by atoms with van der Waals surface area (Å²) in [7, 11) is 4.35. The molecule has 2 atom stereocenters. The highest BCUT2D eigenvalue weighted by molar-refractivity contribution is 5.81. The number of nitrogens with one attached hydrogen (secondary N) is 1. The second kappa shape index (κ2) is 8.42. The minimum absolute atomic E-state index is 0.259. The van der Waals surface area contributed by atoms with Crippen molar-refractivity contribution < 1.29 is 9.53 Å². The van der Waals surface area contributed by atoms with Crippen LogP contribution in [0.3, 0.4) is 0 Å². The molecule has 0 bridgehead atoms. The zero-order chi connectivity index (χ0) is 15.0. The Morgan fingerprint density at radius 2 is 2.25 bits per heavy atom. The van der Waals surface area contributed by atoms with Gasteiger partial charge in [0.25, 0.3) is 0 Å². The van der Waals surface area contributed by atoms with E-state index in [0.717, 1.165) is 12.5 Å². The van der Waals surface area contributed by atoms with Crippen LogP contribution in [-0.4, -0.2) is 50.2 Å². The van der Waals surface area contributed by atoms with Crippen molar-refractivity contribution in [2.75, 3.05) is 33.8 Å². The van der Waals surface area contributed by atoms with Crippen molar-refractivity contribution in [3.63, 3.8) is 0 Å². The molecular formula is C16H30N2O2. The first kappa shape index (κ1) is 17.2. The summed E-state index contributed by atoms with van der Waals surface area (Å²) in [5, 5.41) is 3.46. The monoisotopic (exact) mass is 282 g/mol. The minimum atomic E-state index is -0.261. The molecule has 1 N–H and O–H groups in total. The van der Waals surface area contributed by atoms with E-state index in [-0.39, 0.29) is 11.5 Å². The summed E-state index contributed by atoms with van der Waals surface area (Å²) in [6.45, 7) is 6.27. The topological polar surface area (TPSA) is 41.6 Å². The third kappa shape index (κ3) is 5.25. The second-order valence-electron chi connectivity index (χ2n) is 6.11. The Labute approximate surface area is 123 Å². The number of esters is 1. The number of nitrogens with zero attached hydrogens (tertiary/aromatic N) is 1. The molecule has 0 aliphatic heterocycles. The van der Waals surface area contributed by atoms with Crippen molar-refractivity contribution in [2.24, 2.45) is 5.92 Å². The summed E-state index contributed by atoms with van der Waals surface area (Å²) in [5.41, 5.74) is 0.259. The molecule has 1 rings (SSSR count). The standard InChI is InChI=1S/C16H30N2O2/c1-5-20-15(19)9-7-11-17-13-16(18(3)4)10-6-8-14(2)12-16/h7,9,14,17H,5-6,8,10-13H2,1-4H3/b9-7+. The van der Waals surface area contributed by atoms with Gasteiger partial charge in [0, 0.05) is 24.7 Å². The van der Waals surface area contributed by atoms with Crippen LogP contribution >= 0.6 is 0 Å². The summed E-state index contributed by atoms with van der Waals surface area (Å²) >= 11 is 0. The van der Waals surface area contributed by atoms with Crippen LogP contribution in [0.15, 0.2) is 12.2 Å².